The molecule has 0 amide bonds. The van der Waals surface area contributed by atoms with Crippen LogP contribution in [0.15, 0.2) is 41.7 Å². The maximum absolute atomic E-state index is 13.8. The van der Waals surface area contributed by atoms with E-state index < -0.39 is 53.1 Å². The summed E-state index contributed by atoms with van der Waals surface area (Å²) in [6.07, 6.45) is 0.611. The van der Waals surface area contributed by atoms with Crippen molar-refractivity contribution in [1.29, 1.82) is 0 Å². The molecule has 1 saturated heterocycles. The molecule has 1 aliphatic rings. The molecule has 0 aliphatic carbocycles. The van der Waals surface area contributed by atoms with Crippen molar-refractivity contribution in [3.05, 3.63) is 58.5 Å². The Balaban J connectivity index is 1.64. The van der Waals surface area contributed by atoms with E-state index in [1.807, 2.05) is 0 Å². The topological polar surface area (TPSA) is 114 Å². The van der Waals surface area contributed by atoms with Gasteiger partial charge in [0.1, 0.15) is 52.1 Å². The lowest BCUT2D eigenvalue weighted by atomic mass is 9.97. The predicted molar refractivity (Wildman–Crippen MR) is 112 cm³/mol. The molecule has 0 saturated carbocycles. The average molecular weight is 505 g/mol. The summed E-state index contributed by atoms with van der Waals surface area (Å²) in [4.78, 5) is 4.57. The predicted octanol–water partition coefficient (Wildman–Crippen LogP) is 2.70. The first-order valence-electron chi connectivity index (χ1n) is 9.25. The average Bonchev–Trinajstić information content (AvgIpc) is 3.23. The second-order valence-corrected chi connectivity index (χ2v) is 8.98. The first kappa shape index (κ1) is 23.3. The third-order valence-electron chi connectivity index (χ3n) is 4.88. The van der Waals surface area contributed by atoms with E-state index in [9.17, 15) is 24.1 Å². The highest BCUT2D eigenvalue weighted by molar-refractivity contribution is 7.99. The summed E-state index contributed by atoms with van der Waals surface area (Å²) in [7, 11) is 0. The van der Waals surface area contributed by atoms with Gasteiger partial charge in [-0.1, -0.05) is 40.2 Å². The molecule has 1 fully saturated rings. The number of rotatable bonds is 5. The van der Waals surface area contributed by atoms with Crippen molar-refractivity contribution in [3.8, 4) is 11.3 Å². The molecule has 13 heteroatoms. The molecule has 0 bridgehead atoms. The highest BCUT2D eigenvalue weighted by Gasteiger charge is 2.46. The van der Waals surface area contributed by atoms with E-state index >= 15 is 0 Å². The van der Waals surface area contributed by atoms with Crippen molar-refractivity contribution in [3.63, 3.8) is 0 Å². The van der Waals surface area contributed by atoms with E-state index in [0.717, 1.165) is 23.9 Å². The highest BCUT2D eigenvalue weighted by Crippen LogP contribution is 2.38. The number of hydrogen-bond acceptors (Lipinski definition) is 8. The van der Waals surface area contributed by atoms with Crippen molar-refractivity contribution >= 4 is 35.0 Å². The molecule has 8 nitrogen and oxygen atoms in total. The summed E-state index contributed by atoms with van der Waals surface area (Å²) in [5, 5.41) is 38.8. The second-order valence-electron chi connectivity index (χ2n) is 6.99. The van der Waals surface area contributed by atoms with Crippen LogP contribution in [0.4, 0.5) is 8.78 Å². The third-order valence-corrected chi connectivity index (χ3v) is 6.56. The molecular weight excluding hydrogens is 489 g/mol. The minimum atomic E-state index is -1.35. The Hall–Kier alpha value is -1.86. The number of aromatic nitrogens is 4. The maximum atomic E-state index is 13.8. The third kappa shape index (κ3) is 4.60. The van der Waals surface area contributed by atoms with Crippen LogP contribution in [0.3, 0.4) is 0 Å². The van der Waals surface area contributed by atoms with Gasteiger partial charge in [0.2, 0.25) is 0 Å². The SMILES string of the molecule is OC[C@H]1O[C@H](Sc2cncc(Cl)c2)[C@H](O)[C@@H](n2cc(-c3cc(F)c(Cl)c(F)c3)nn2)[C@H]1O. The molecule has 5 atom stereocenters. The number of halogens is 4. The van der Waals surface area contributed by atoms with Gasteiger partial charge < -0.3 is 20.1 Å². The molecule has 170 valence electrons. The number of thioether (sulfide) groups is 1. The lowest BCUT2D eigenvalue weighted by molar-refractivity contribution is -0.178. The molecule has 0 unspecified atom stereocenters. The fourth-order valence-corrected chi connectivity index (χ4v) is 4.76. The van der Waals surface area contributed by atoms with E-state index in [4.69, 9.17) is 27.9 Å². The monoisotopic (exact) mass is 504 g/mol. The van der Waals surface area contributed by atoms with Crippen molar-refractivity contribution in [2.45, 2.75) is 34.7 Å². The van der Waals surface area contributed by atoms with E-state index in [1.165, 1.54) is 23.3 Å². The zero-order chi connectivity index (χ0) is 23.0. The van der Waals surface area contributed by atoms with Crippen LogP contribution in [0.1, 0.15) is 6.04 Å². The lowest BCUT2D eigenvalue weighted by Crippen LogP contribution is -2.55. The molecule has 2 aromatic heterocycles. The van der Waals surface area contributed by atoms with Gasteiger partial charge >= 0.3 is 0 Å². The summed E-state index contributed by atoms with van der Waals surface area (Å²) in [5.74, 6) is -1.93. The summed E-state index contributed by atoms with van der Waals surface area (Å²) in [6.45, 7) is -0.523. The molecule has 4 rings (SSSR count). The van der Waals surface area contributed by atoms with Gasteiger partial charge in [0.25, 0.3) is 0 Å². The normalized spacial score (nSPS) is 25.8. The molecular formula is C19H16Cl2F2N4O4S. The number of benzene rings is 1. The molecule has 32 heavy (non-hydrogen) atoms. The Kier molecular flexibility index (Phi) is 6.96. The zero-order valence-corrected chi connectivity index (χ0v) is 18.3. The van der Waals surface area contributed by atoms with Crippen molar-refractivity contribution in [2.24, 2.45) is 0 Å². The number of ether oxygens (including phenoxy) is 1. The van der Waals surface area contributed by atoms with Gasteiger partial charge in [-0.2, -0.15) is 0 Å². The van der Waals surface area contributed by atoms with Gasteiger partial charge in [-0.3, -0.25) is 4.98 Å². The van der Waals surface area contributed by atoms with Crippen molar-refractivity contribution in [1.82, 2.24) is 20.0 Å². The van der Waals surface area contributed by atoms with Crippen molar-refractivity contribution < 1.29 is 28.8 Å². The number of aliphatic hydroxyl groups is 3. The van der Waals surface area contributed by atoms with Crippen LogP contribution in [-0.2, 0) is 4.74 Å². The largest absolute Gasteiger partial charge is 0.394 e. The minimum Gasteiger partial charge on any atom is -0.394 e. The fourth-order valence-electron chi connectivity index (χ4n) is 3.33. The molecule has 3 N–H and O–H groups in total. The van der Waals surface area contributed by atoms with Gasteiger partial charge in [0.15, 0.2) is 0 Å². The summed E-state index contributed by atoms with van der Waals surface area (Å²) < 4.78 is 34.5. The first-order chi connectivity index (χ1) is 15.3. The smallest absolute Gasteiger partial charge is 0.145 e. The number of hydrogen-bond donors (Lipinski definition) is 3. The number of aliphatic hydroxyl groups excluding tert-OH is 3. The molecule has 3 heterocycles. The molecule has 0 radical (unpaired) electrons. The number of nitrogens with zero attached hydrogens (tertiary/aromatic N) is 4. The minimum absolute atomic E-state index is 0.0707. The fraction of sp³-hybridized carbons (Fsp3) is 0.316. The van der Waals surface area contributed by atoms with Crippen molar-refractivity contribution in [2.75, 3.05) is 6.61 Å². The second kappa shape index (κ2) is 9.56. The summed E-state index contributed by atoms with van der Waals surface area (Å²) in [5.41, 5.74) is -0.755. The van der Waals surface area contributed by atoms with Crippen LogP contribution < -0.4 is 0 Å². The van der Waals surface area contributed by atoms with E-state index in [1.54, 1.807) is 6.07 Å². The Morgan fingerprint density at radius 3 is 2.47 bits per heavy atom. The van der Waals surface area contributed by atoms with Gasteiger partial charge in [0.05, 0.1) is 17.8 Å². The Bertz CT molecular complexity index is 1100. The molecule has 3 aromatic rings. The first-order valence-corrected chi connectivity index (χ1v) is 10.9. The number of pyridine rings is 1. The highest BCUT2D eigenvalue weighted by atomic mass is 35.5. The standard InChI is InChI=1S/C19H16Cl2F2N4O4S/c20-9-3-10(5-24-4-9)32-19-18(30)16(17(29)14(7-28)31-19)27-6-13(25-26-27)8-1-11(22)15(21)12(23)2-8/h1-6,14,16-19,28-30H,7H2/t14-,16+,17+,18-,19-/m1/s1. The van der Waals surface area contributed by atoms with E-state index in [0.29, 0.717) is 9.92 Å². The molecule has 0 spiro atoms. The van der Waals surface area contributed by atoms with Crippen LogP contribution in [0, 0.1) is 11.6 Å². The van der Waals surface area contributed by atoms with E-state index in [-0.39, 0.29) is 11.3 Å². The Labute approximate surface area is 194 Å². The summed E-state index contributed by atoms with van der Waals surface area (Å²) in [6, 6.07) is 2.55. The van der Waals surface area contributed by atoms with Gasteiger partial charge in [0, 0.05) is 22.9 Å². The van der Waals surface area contributed by atoms with Crippen LogP contribution >= 0.6 is 35.0 Å². The van der Waals surface area contributed by atoms with Gasteiger partial charge in [-0.15, -0.1) is 5.10 Å². The summed E-state index contributed by atoms with van der Waals surface area (Å²) >= 11 is 12.6. The van der Waals surface area contributed by atoms with Crippen LogP contribution in [-0.4, -0.2) is 65.7 Å². The van der Waals surface area contributed by atoms with Crippen LogP contribution in [0.2, 0.25) is 10.0 Å². The van der Waals surface area contributed by atoms with Gasteiger partial charge in [-0.25, -0.2) is 13.5 Å². The Morgan fingerprint density at radius 1 is 1.09 bits per heavy atom. The van der Waals surface area contributed by atoms with Gasteiger partial charge in [-0.05, 0) is 18.2 Å². The maximum Gasteiger partial charge on any atom is 0.145 e. The quantitative estimate of drug-likeness (QED) is 0.454. The van der Waals surface area contributed by atoms with Crippen LogP contribution in [0.5, 0.6) is 0 Å². The van der Waals surface area contributed by atoms with Crippen LogP contribution in [0.25, 0.3) is 11.3 Å². The molecule has 1 aromatic carbocycles. The Morgan fingerprint density at radius 2 is 1.81 bits per heavy atom. The van der Waals surface area contributed by atoms with E-state index in [2.05, 4.69) is 15.3 Å². The lowest BCUT2D eigenvalue weighted by Gasteiger charge is -2.41. The zero-order valence-electron chi connectivity index (χ0n) is 16.0. The molecule has 1 aliphatic heterocycles.